The molecule has 1 aromatic rings. The van der Waals surface area contributed by atoms with Gasteiger partial charge < -0.3 is 25.0 Å². The van der Waals surface area contributed by atoms with Crippen LogP contribution in [0.15, 0.2) is 6.20 Å². The first-order valence-corrected chi connectivity index (χ1v) is 7.04. The van der Waals surface area contributed by atoms with E-state index in [0.29, 0.717) is 32.1 Å². The maximum absolute atomic E-state index is 12.3. The Balaban J connectivity index is 1.73. The molecule has 0 unspecified atom stereocenters. The number of morpholine rings is 1. The number of imidazole rings is 1. The van der Waals surface area contributed by atoms with Crippen molar-refractivity contribution in [3.8, 4) is 0 Å². The van der Waals surface area contributed by atoms with Crippen LogP contribution in [0, 0.1) is 0 Å². The molecule has 21 heavy (non-hydrogen) atoms. The summed E-state index contributed by atoms with van der Waals surface area (Å²) in [7, 11) is 0. The number of aromatic carboxylic acids is 1. The molecule has 2 heterocycles. The summed E-state index contributed by atoms with van der Waals surface area (Å²) in [5.74, 6) is -0.532. The Morgan fingerprint density at radius 3 is 2.62 bits per heavy atom. The zero-order chi connectivity index (χ0) is 14.9. The summed E-state index contributed by atoms with van der Waals surface area (Å²) in [4.78, 5) is 31.9. The van der Waals surface area contributed by atoms with E-state index in [1.165, 1.54) is 6.20 Å². The summed E-state index contributed by atoms with van der Waals surface area (Å²) in [6, 6.07) is -0.147. The Labute approximate surface area is 121 Å². The van der Waals surface area contributed by atoms with Crippen molar-refractivity contribution in [2.24, 2.45) is 0 Å². The monoisotopic (exact) mass is 294 g/mol. The van der Waals surface area contributed by atoms with Crippen LogP contribution in [0.5, 0.6) is 0 Å². The average Bonchev–Trinajstić information content (AvgIpc) is 2.93. The lowest BCUT2D eigenvalue weighted by atomic mass is 9.76. The molecule has 1 aliphatic carbocycles. The number of nitrogens with one attached hydrogen (secondary N) is 2. The summed E-state index contributed by atoms with van der Waals surface area (Å²) < 4.78 is 5.23. The van der Waals surface area contributed by atoms with Gasteiger partial charge in [-0.2, -0.15) is 0 Å². The molecule has 8 nitrogen and oxygen atoms in total. The number of H-pyrrole nitrogens is 1. The lowest BCUT2D eigenvalue weighted by molar-refractivity contribution is 0.0474. The molecule has 2 amide bonds. The number of ether oxygens (including phenoxy) is 1. The molecule has 0 radical (unpaired) electrons. The van der Waals surface area contributed by atoms with Crippen molar-refractivity contribution >= 4 is 12.0 Å². The lowest BCUT2D eigenvalue weighted by Crippen LogP contribution is -2.57. The number of carboxylic acid groups (broad SMARTS) is 1. The highest BCUT2D eigenvalue weighted by molar-refractivity contribution is 5.85. The van der Waals surface area contributed by atoms with E-state index in [0.717, 1.165) is 19.3 Å². The molecular formula is C13H18N4O4. The van der Waals surface area contributed by atoms with Crippen LogP contribution in [0.2, 0.25) is 0 Å². The van der Waals surface area contributed by atoms with Gasteiger partial charge >= 0.3 is 12.0 Å². The van der Waals surface area contributed by atoms with Gasteiger partial charge in [-0.05, 0) is 19.3 Å². The van der Waals surface area contributed by atoms with E-state index in [9.17, 15) is 9.59 Å². The smallest absolute Gasteiger partial charge is 0.353 e. The predicted octanol–water partition coefficient (Wildman–Crippen LogP) is 0.529. The van der Waals surface area contributed by atoms with Crippen LogP contribution in [0.25, 0.3) is 0 Å². The van der Waals surface area contributed by atoms with Crippen molar-refractivity contribution in [1.82, 2.24) is 20.2 Å². The molecule has 1 aromatic heterocycles. The Morgan fingerprint density at radius 1 is 1.38 bits per heavy atom. The molecule has 1 aliphatic heterocycles. The summed E-state index contributed by atoms with van der Waals surface area (Å²) in [5.41, 5.74) is -0.528. The molecule has 1 saturated heterocycles. The fourth-order valence-corrected chi connectivity index (χ4v) is 2.67. The van der Waals surface area contributed by atoms with E-state index < -0.39 is 11.5 Å². The summed E-state index contributed by atoms with van der Waals surface area (Å²) >= 11 is 0. The number of nitrogens with zero attached hydrogens (tertiary/aromatic N) is 2. The van der Waals surface area contributed by atoms with Crippen LogP contribution in [-0.4, -0.2) is 58.3 Å². The number of carbonyl (C=O) groups excluding carboxylic acids is 1. The fraction of sp³-hybridized carbons (Fsp3) is 0.615. The number of carboxylic acids is 1. The molecule has 0 aromatic carbocycles. The highest BCUT2D eigenvalue weighted by Gasteiger charge is 2.43. The van der Waals surface area contributed by atoms with Crippen LogP contribution in [0.1, 0.15) is 35.6 Å². The van der Waals surface area contributed by atoms with Crippen LogP contribution < -0.4 is 5.32 Å². The summed E-state index contributed by atoms with van der Waals surface area (Å²) in [6.07, 6.45) is 3.79. The largest absolute Gasteiger partial charge is 0.477 e. The molecule has 2 fully saturated rings. The quantitative estimate of drug-likeness (QED) is 0.753. The highest BCUT2D eigenvalue weighted by Crippen LogP contribution is 2.39. The first-order chi connectivity index (χ1) is 10.1. The molecule has 0 atom stereocenters. The number of aromatic amines is 1. The van der Waals surface area contributed by atoms with Crippen molar-refractivity contribution in [3.05, 3.63) is 17.7 Å². The van der Waals surface area contributed by atoms with Gasteiger partial charge in [-0.3, -0.25) is 0 Å². The summed E-state index contributed by atoms with van der Waals surface area (Å²) in [5, 5.41) is 12.0. The van der Waals surface area contributed by atoms with E-state index >= 15 is 0 Å². The van der Waals surface area contributed by atoms with Crippen molar-refractivity contribution < 1.29 is 19.4 Å². The van der Waals surface area contributed by atoms with Crippen molar-refractivity contribution in [3.63, 3.8) is 0 Å². The zero-order valence-corrected chi connectivity index (χ0v) is 11.6. The van der Waals surface area contributed by atoms with Gasteiger partial charge in [0, 0.05) is 13.1 Å². The van der Waals surface area contributed by atoms with Crippen molar-refractivity contribution in [2.45, 2.75) is 24.8 Å². The molecular weight excluding hydrogens is 276 g/mol. The van der Waals surface area contributed by atoms with Gasteiger partial charge in [-0.15, -0.1) is 0 Å². The summed E-state index contributed by atoms with van der Waals surface area (Å²) in [6.45, 7) is 2.23. The minimum atomic E-state index is -1.05. The van der Waals surface area contributed by atoms with Gasteiger partial charge in [-0.25, -0.2) is 14.6 Å². The Hall–Kier alpha value is -2.09. The topological polar surface area (TPSA) is 108 Å². The number of urea groups is 1. The maximum atomic E-state index is 12.3. The first kappa shape index (κ1) is 13.9. The van der Waals surface area contributed by atoms with Gasteiger partial charge in [0.25, 0.3) is 0 Å². The Kier molecular flexibility index (Phi) is 3.54. The second-order valence-corrected chi connectivity index (χ2v) is 5.42. The SMILES string of the molecule is O=C(O)c1cnc(C2(NC(=O)N3CCOCC3)CCC2)[nH]1. The zero-order valence-electron chi connectivity index (χ0n) is 11.6. The number of hydrogen-bond donors (Lipinski definition) is 3. The van der Waals surface area contributed by atoms with Crippen LogP contribution >= 0.6 is 0 Å². The van der Waals surface area contributed by atoms with Crippen LogP contribution in [0.4, 0.5) is 4.79 Å². The molecule has 114 valence electrons. The number of hydrogen-bond acceptors (Lipinski definition) is 4. The molecule has 3 rings (SSSR count). The lowest BCUT2D eigenvalue weighted by Gasteiger charge is -2.42. The normalized spacial score (nSPS) is 20.7. The number of rotatable bonds is 3. The van der Waals surface area contributed by atoms with E-state index in [1.54, 1.807) is 4.90 Å². The van der Waals surface area contributed by atoms with Crippen molar-refractivity contribution in [1.29, 1.82) is 0 Å². The third kappa shape index (κ3) is 2.58. The van der Waals surface area contributed by atoms with E-state index in [1.807, 2.05) is 0 Å². The maximum Gasteiger partial charge on any atom is 0.353 e. The van der Waals surface area contributed by atoms with Gasteiger partial charge in [0.2, 0.25) is 0 Å². The second kappa shape index (κ2) is 5.36. The second-order valence-electron chi connectivity index (χ2n) is 5.42. The van der Waals surface area contributed by atoms with Crippen LogP contribution in [-0.2, 0) is 10.3 Å². The minimum Gasteiger partial charge on any atom is -0.477 e. The van der Waals surface area contributed by atoms with E-state index in [-0.39, 0.29) is 11.7 Å². The standard InChI is InChI=1S/C13H18N4O4/c18-10(19)9-8-14-11(15-9)13(2-1-3-13)16-12(20)17-4-6-21-7-5-17/h8H,1-7H2,(H,14,15)(H,16,20)(H,18,19). The van der Waals surface area contributed by atoms with Gasteiger partial charge in [0.05, 0.1) is 24.9 Å². The van der Waals surface area contributed by atoms with E-state index in [4.69, 9.17) is 9.84 Å². The van der Waals surface area contributed by atoms with Crippen molar-refractivity contribution in [2.75, 3.05) is 26.3 Å². The number of amides is 2. The van der Waals surface area contributed by atoms with Crippen LogP contribution in [0.3, 0.4) is 0 Å². The van der Waals surface area contributed by atoms with Gasteiger partial charge in [0.15, 0.2) is 0 Å². The molecule has 8 heteroatoms. The average molecular weight is 294 g/mol. The fourth-order valence-electron chi connectivity index (χ4n) is 2.67. The Morgan fingerprint density at radius 2 is 2.10 bits per heavy atom. The first-order valence-electron chi connectivity index (χ1n) is 7.04. The van der Waals surface area contributed by atoms with Gasteiger partial charge in [-0.1, -0.05) is 0 Å². The third-order valence-corrected chi connectivity index (χ3v) is 4.11. The highest BCUT2D eigenvalue weighted by atomic mass is 16.5. The minimum absolute atomic E-state index is 0.0388. The van der Waals surface area contributed by atoms with E-state index in [2.05, 4.69) is 15.3 Å². The number of aromatic nitrogens is 2. The molecule has 3 N–H and O–H groups in total. The number of carbonyl (C=O) groups is 2. The molecule has 1 saturated carbocycles. The predicted molar refractivity (Wildman–Crippen MR) is 72.0 cm³/mol. The molecule has 2 aliphatic rings. The Bertz CT molecular complexity index is 546. The molecule has 0 spiro atoms. The van der Waals surface area contributed by atoms with Gasteiger partial charge in [0.1, 0.15) is 11.5 Å². The molecule has 0 bridgehead atoms. The third-order valence-electron chi connectivity index (χ3n) is 4.11.